The number of rotatable bonds is 5. The number of carbonyl (C=O) groups excluding carboxylic acids is 2. The number of amides is 2. The van der Waals surface area contributed by atoms with E-state index in [0.29, 0.717) is 22.5 Å². The first kappa shape index (κ1) is 27.5. The molecule has 2 amide bonds. The highest BCUT2D eigenvalue weighted by Crippen LogP contribution is 2.51. The molecule has 2 aliphatic carbocycles. The molecule has 1 heterocycles. The average molecular weight is 449 g/mol. The molecule has 4 rings (SSSR count). The maximum atomic E-state index is 12.5. The lowest BCUT2D eigenvalue weighted by molar-refractivity contribution is -0.124. The highest BCUT2D eigenvalue weighted by molar-refractivity contribution is 6.09. The molecule has 7 heteroatoms. The third-order valence-corrected chi connectivity index (χ3v) is 5.77. The number of methoxy groups -OCH3 is 1. The Morgan fingerprint density at radius 3 is 2.22 bits per heavy atom. The zero-order valence-corrected chi connectivity index (χ0v) is 20.6. The summed E-state index contributed by atoms with van der Waals surface area (Å²) in [5, 5.41) is 12.3. The van der Waals surface area contributed by atoms with Gasteiger partial charge in [-0.05, 0) is 50.3 Å². The summed E-state index contributed by atoms with van der Waals surface area (Å²) in [6.07, 6.45) is 6.24. The first-order chi connectivity index (χ1) is 15.3. The largest absolute Gasteiger partial charge is 0.497 e. The van der Waals surface area contributed by atoms with Gasteiger partial charge in [-0.15, -0.1) is 0 Å². The standard InChI is InChI=1S/C15H18N2O5.C6H10.2C2H6/c1-8-12(13(19)17-15(2,7-18)14(16)20)10-6-9(21-3)4-5-11(10)22-8;1-2-5-4-6(5)3-1;2*1-2/h4-6,18H,7H2,1-3H3,(H2,16,20)(H,17,19);5-6H,1-4H2;2*1-2H3. The number of nitrogens with one attached hydrogen (secondary N) is 1. The highest BCUT2D eigenvalue weighted by Gasteiger charge is 2.40. The van der Waals surface area contributed by atoms with Gasteiger partial charge in [-0.2, -0.15) is 0 Å². The number of primary amides is 1. The summed E-state index contributed by atoms with van der Waals surface area (Å²) in [7, 11) is 1.52. The number of nitrogens with two attached hydrogens (primary N) is 1. The molecule has 0 spiro atoms. The normalized spacial score (nSPS) is 19.5. The predicted molar refractivity (Wildman–Crippen MR) is 128 cm³/mol. The van der Waals surface area contributed by atoms with Crippen LogP contribution in [0.3, 0.4) is 0 Å². The Morgan fingerprint density at radius 1 is 1.22 bits per heavy atom. The quantitative estimate of drug-likeness (QED) is 0.619. The SMILES string of the molecule is C1CC2CC2C1.CC.CC.COc1ccc2oc(C)c(C(=O)NC(C)(CO)C(N)=O)c2c1. The van der Waals surface area contributed by atoms with Crippen molar-refractivity contribution in [3.05, 3.63) is 29.5 Å². The number of furan rings is 1. The highest BCUT2D eigenvalue weighted by atomic mass is 16.5. The molecule has 1 aromatic heterocycles. The summed E-state index contributed by atoms with van der Waals surface area (Å²) < 4.78 is 10.7. The molecule has 3 atom stereocenters. The van der Waals surface area contributed by atoms with Crippen LogP contribution in [-0.4, -0.2) is 36.2 Å². The summed E-state index contributed by atoms with van der Waals surface area (Å²) in [6, 6.07) is 5.08. The Hall–Kier alpha value is -2.54. The topological polar surface area (TPSA) is 115 Å². The Kier molecular flexibility index (Phi) is 10.7. The van der Waals surface area contributed by atoms with Crippen LogP contribution >= 0.6 is 0 Å². The zero-order chi connectivity index (χ0) is 24.5. The van der Waals surface area contributed by atoms with E-state index >= 15 is 0 Å². The van der Waals surface area contributed by atoms with Gasteiger partial charge < -0.3 is 25.3 Å². The van der Waals surface area contributed by atoms with Crippen LogP contribution in [0.4, 0.5) is 0 Å². The fraction of sp³-hybridized carbons (Fsp3) is 0.600. The molecule has 0 saturated heterocycles. The van der Waals surface area contributed by atoms with E-state index in [0.717, 1.165) is 0 Å². The van der Waals surface area contributed by atoms with Crippen molar-refractivity contribution in [1.29, 1.82) is 0 Å². The van der Waals surface area contributed by atoms with Gasteiger partial charge in [0.2, 0.25) is 5.91 Å². The maximum Gasteiger partial charge on any atom is 0.256 e. The number of aliphatic hydroxyl groups excluding tert-OH is 1. The van der Waals surface area contributed by atoms with E-state index < -0.39 is 24.0 Å². The first-order valence-corrected chi connectivity index (χ1v) is 11.6. The molecule has 0 aliphatic heterocycles. The van der Waals surface area contributed by atoms with E-state index in [4.69, 9.17) is 14.9 Å². The van der Waals surface area contributed by atoms with Crippen LogP contribution in [0.15, 0.2) is 22.6 Å². The summed E-state index contributed by atoms with van der Waals surface area (Å²) in [5.74, 6) is 2.01. The van der Waals surface area contributed by atoms with Crippen LogP contribution in [-0.2, 0) is 4.79 Å². The second-order valence-corrected chi connectivity index (χ2v) is 7.89. The molecule has 2 fully saturated rings. The summed E-state index contributed by atoms with van der Waals surface area (Å²) in [4.78, 5) is 23.9. The number of benzene rings is 1. The van der Waals surface area contributed by atoms with Crippen molar-refractivity contribution in [3.63, 3.8) is 0 Å². The smallest absolute Gasteiger partial charge is 0.256 e. The number of hydrogen-bond donors (Lipinski definition) is 3. The van der Waals surface area contributed by atoms with Gasteiger partial charge in [0.15, 0.2) is 0 Å². The Labute approximate surface area is 191 Å². The third kappa shape index (κ3) is 6.48. The van der Waals surface area contributed by atoms with Crippen LogP contribution in [0.1, 0.15) is 76.4 Å². The number of fused-ring (bicyclic) bond motifs is 2. The Morgan fingerprint density at radius 2 is 1.81 bits per heavy atom. The lowest BCUT2D eigenvalue weighted by Gasteiger charge is -2.24. The van der Waals surface area contributed by atoms with Gasteiger partial charge >= 0.3 is 0 Å². The number of aryl methyl sites for hydroxylation is 1. The van der Waals surface area contributed by atoms with Crippen molar-refractivity contribution in [2.75, 3.05) is 13.7 Å². The lowest BCUT2D eigenvalue weighted by Crippen LogP contribution is -2.57. The minimum Gasteiger partial charge on any atom is -0.497 e. The lowest BCUT2D eigenvalue weighted by atomic mass is 10.0. The molecule has 2 aliphatic rings. The summed E-state index contributed by atoms with van der Waals surface area (Å²) >= 11 is 0. The van der Waals surface area contributed by atoms with E-state index in [2.05, 4.69) is 5.32 Å². The van der Waals surface area contributed by atoms with Crippen molar-refractivity contribution in [2.45, 2.75) is 72.8 Å². The number of carbonyl (C=O) groups is 2. The molecule has 3 unspecified atom stereocenters. The van der Waals surface area contributed by atoms with Crippen LogP contribution in [0.2, 0.25) is 0 Å². The third-order valence-electron chi connectivity index (χ3n) is 5.77. The zero-order valence-electron chi connectivity index (χ0n) is 20.6. The fourth-order valence-electron chi connectivity index (χ4n) is 3.76. The molecule has 0 radical (unpaired) electrons. The van der Waals surface area contributed by atoms with Crippen LogP contribution in [0, 0.1) is 18.8 Å². The van der Waals surface area contributed by atoms with E-state index in [1.165, 1.54) is 32.3 Å². The van der Waals surface area contributed by atoms with Crippen LogP contribution < -0.4 is 15.8 Å². The predicted octanol–water partition coefficient (Wildman–Crippen LogP) is 4.57. The Bertz CT molecular complexity index is 884. The molecule has 0 bridgehead atoms. The molecular weight excluding hydrogens is 408 g/mol. The van der Waals surface area contributed by atoms with Crippen LogP contribution in [0.25, 0.3) is 11.0 Å². The molecule has 2 aromatic rings. The molecular formula is C25H40N2O5. The van der Waals surface area contributed by atoms with Gasteiger partial charge in [0.05, 0.1) is 19.3 Å². The summed E-state index contributed by atoms with van der Waals surface area (Å²) in [6.45, 7) is 10.4. The second-order valence-electron chi connectivity index (χ2n) is 7.89. The van der Waals surface area contributed by atoms with Gasteiger partial charge in [-0.25, -0.2) is 0 Å². The second kappa shape index (κ2) is 12.5. The van der Waals surface area contributed by atoms with Crippen molar-refractivity contribution < 1.29 is 23.8 Å². The average Bonchev–Trinajstić information content (AvgIpc) is 3.25. The van der Waals surface area contributed by atoms with Gasteiger partial charge in [-0.3, -0.25) is 9.59 Å². The van der Waals surface area contributed by atoms with Gasteiger partial charge in [0, 0.05) is 5.39 Å². The number of ether oxygens (including phenoxy) is 1. The molecule has 7 nitrogen and oxygen atoms in total. The first-order valence-electron chi connectivity index (χ1n) is 11.6. The summed E-state index contributed by atoms with van der Waals surface area (Å²) in [5.41, 5.74) is 4.47. The van der Waals surface area contributed by atoms with E-state index in [1.807, 2.05) is 27.7 Å². The van der Waals surface area contributed by atoms with E-state index in [9.17, 15) is 14.7 Å². The van der Waals surface area contributed by atoms with E-state index in [-0.39, 0.29) is 5.56 Å². The number of aliphatic hydroxyl groups is 1. The van der Waals surface area contributed by atoms with E-state index in [1.54, 1.807) is 44.4 Å². The monoisotopic (exact) mass is 448 g/mol. The minimum atomic E-state index is -1.55. The molecule has 1 aromatic carbocycles. The van der Waals surface area contributed by atoms with Gasteiger partial charge in [-0.1, -0.05) is 47.0 Å². The minimum absolute atomic E-state index is 0.273. The maximum absolute atomic E-state index is 12.5. The van der Waals surface area contributed by atoms with Crippen molar-refractivity contribution in [3.8, 4) is 5.75 Å². The molecule has 2 saturated carbocycles. The number of hydrogen-bond acceptors (Lipinski definition) is 5. The van der Waals surface area contributed by atoms with Gasteiger partial charge in [0.1, 0.15) is 22.6 Å². The van der Waals surface area contributed by atoms with Gasteiger partial charge in [0.25, 0.3) is 5.91 Å². The Balaban J connectivity index is 0.000000422. The van der Waals surface area contributed by atoms with Crippen molar-refractivity contribution in [2.24, 2.45) is 17.6 Å². The molecule has 32 heavy (non-hydrogen) atoms. The fourth-order valence-corrected chi connectivity index (χ4v) is 3.76. The molecule has 4 N–H and O–H groups in total. The molecule has 180 valence electrons. The van der Waals surface area contributed by atoms with Crippen LogP contribution in [0.5, 0.6) is 5.75 Å². The van der Waals surface area contributed by atoms with Crippen molar-refractivity contribution >= 4 is 22.8 Å². The van der Waals surface area contributed by atoms with Crippen molar-refractivity contribution in [1.82, 2.24) is 5.32 Å².